The molecule has 2 N–H and O–H groups in total. The van der Waals surface area contributed by atoms with Crippen LogP contribution in [0.15, 0.2) is 29.2 Å². The molecule has 134 valence electrons. The monoisotopic (exact) mass is 381 g/mol. The number of nitrogens with one attached hydrogen (secondary N) is 1. The number of aliphatic hydroxyl groups is 1. The lowest BCUT2D eigenvalue weighted by molar-refractivity contribution is 0.123. The Labute approximate surface area is 156 Å². The van der Waals surface area contributed by atoms with Gasteiger partial charge in [0.2, 0.25) is 0 Å². The topological polar surface area (TPSA) is 67.2 Å². The normalized spacial score (nSPS) is 16.2. The van der Waals surface area contributed by atoms with E-state index in [1.807, 2.05) is 13.0 Å². The number of hydrogen-bond donors (Lipinski definition) is 2. The Balaban J connectivity index is 1.78. The Kier molecular flexibility index (Phi) is 5.67. The molecule has 1 aliphatic carbocycles. The van der Waals surface area contributed by atoms with E-state index in [1.54, 1.807) is 12.1 Å². The highest BCUT2D eigenvalue weighted by Crippen LogP contribution is 2.28. The zero-order chi connectivity index (χ0) is 18.0. The highest BCUT2D eigenvalue weighted by molar-refractivity contribution is 6.33. The van der Waals surface area contributed by atoms with Crippen LogP contribution in [0.5, 0.6) is 0 Å². The SMILES string of the molecule is Cc1ccc(-n2ncc(NCC(O)C3CCCC3)c(Cl)c2=O)cc1Cl. The molecule has 0 aliphatic heterocycles. The van der Waals surface area contributed by atoms with Gasteiger partial charge in [0.25, 0.3) is 5.56 Å². The standard InChI is InChI=1S/C18H21Cl2N3O2/c1-11-6-7-13(8-14(11)19)23-18(25)17(20)15(9-22-23)21-10-16(24)12-4-2-3-5-12/h6-9,12,16,21,24H,2-5,10H2,1H3. The fourth-order valence-electron chi connectivity index (χ4n) is 3.18. The van der Waals surface area contributed by atoms with Crippen LogP contribution in [0.1, 0.15) is 31.2 Å². The van der Waals surface area contributed by atoms with Gasteiger partial charge < -0.3 is 10.4 Å². The molecule has 1 fully saturated rings. The molecule has 2 aromatic rings. The number of aryl methyl sites for hydroxylation is 1. The van der Waals surface area contributed by atoms with Gasteiger partial charge >= 0.3 is 0 Å². The number of benzene rings is 1. The summed E-state index contributed by atoms with van der Waals surface area (Å²) in [6.45, 7) is 2.24. The number of hydrogen-bond acceptors (Lipinski definition) is 4. The summed E-state index contributed by atoms with van der Waals surface area (Å²) in [5.41, 5.74) is 1.48. The minimum atomic E-state index is -0.447. The molecular formula is C18H21Cl2N3O2. The molecule has 25 heavy (non-hydrogen) atoms. The lowest BCUT2D eigenvalue weighted by atomic mass is 10.0. The van der Waals surface area contributed by atoms with E-state index in [0.29, 0.717) is 28.9 Å². The largest absolute Gasteiger partial charge is 0.391 e. The predicted octanol–water partition coefficient (Wildman–Crippen LogP) is 3.81. The molecule has 0 radical (unpaired) electrons. The van der Waals surface area contributed by atoms with Gasteiger partial charge in [0, 0.05) is 11.6 Å². The van der Waals surface area contributed by atoms with Crippen molar-refractivity contribution in [1.29, 1.82) is 0 Å². The third-order valence-electron chi connectivity index (χ3n) is 4.76. The Hall–Kier alpha value is -1.56. The highest BCUT2D eigenvalue weighted by atomic mass is 35.5. The van der Waals surface area contributed by atoms with E-state index >= 15 is 0 Å². The van der Waals surface area contributed by atoms with Crippen molar-refractivity contribution in [2.75, 3.05) is 11.9 Å². The smallest absolute Gasteiger partial charge is 0.292 e. The van der Waals surface area contributed by atoms with Crippen LogP contribution in [0.4, 0.5) is 5.69 Å². The van der Waals surface area contributed by atoms with Crippen molar-refractivity contribution in [1.82, 2.24) is 9.78 Å². The molecule has 5 nitrogen and oxygen atoms in total. The van der Waals surface area contributed by atoms with Gasteiger partial charge in [0.05, 0.1) is 23.7 Å². The summed E-state index contributed by atoms with van der Waals surface area (Å²) in [5.74, 6) is 0.314. The molecule has 3 rings (SSSR count). The molecule has 0 saturated heterocycles. The first-order valence-electron chi connectivity index (χ1n) is 8.43. The minimum absolute atomic E-state index is 0.0466. The summed E-state index contributed by atoms with van der Waals surface area (Å²) >= 11 is 12.3. The Bertz CT molecular complexity index is 816. The van der Waals surface area contributed by atoms with Crippen LogP contribution in [-0.4, -0.2) is 27.5 Å². The third-order valence-corrected chi connectivity index (χ3v) is 5.54. The van der Waals surface area contributed by atoms with Crippen molar-refractivity contribution < 1.29 is 5.11 Å². The summed E-state index contributed by atoms with van der Waals surface area (Å²) in [6, 6.07) is 5.27. The van der Waals surface area contributed by atoms with Crippen molar-refractivity contribution in [3.8, 4) is 5.69 Å². The first-order valence-corrected chi connectivity index (χ1v) is 9.19. The highest BCUT2D eigenvalue weighted by Gasteiger charge is 2.23. The van der Waals surface area contributed by atoms with Gasteiger partial charge in [-0.1, -0.05) is 42.1 Å². The molecule has 1 heterocycles. The molecule has 7 heteroatoms. The first-order chi connectivity index (χ1) is 12.0. The van der Waals surface area contributed by atoms with Crippen LogP contribution in [0.3, 0.4) is 0 Å². The summed E-state index contributed by atoms with van der Waals surface area (Å²) in [7, 11) is 0. The van der Waals surface area contributed by atoms with Gasteiger partial charge in [-0.2, -0.15) is 9.78 Å². The number of anilines is 1. The van der Waals surface area contributed by atoms with Gasteiger partial charge in [-0.25, -0.2) is 0 Å². The quantitative estimate of drug-likeness (QED) is 0.825. The van der Waals surface area contributed by atoms with Crippen molar-refractivity contribution in [2.24, 2.45) is 5.92 Å². The summed E-state index contributed by atoms with van der Waals surface area (Å²) in [5, 5.41) is 18.1. The van der Waals surface area contributed by atoms with E-state index in [4.69, 9.17) is 23.2 Å². The van der Waals surface area contributed by atoms with Gasteiger partial charge in [-0.05, 0) is 43.4 Å². The summed E-state index contributed by atoms with van der Waals surface area (Å²) in [4.78, 5) is 12.5. The lowest BCUT2D eigenvalue weighted by Crippen LogP contribution is -2.28. The Morgan fingerprint density at radius 1 is 1.36 bits per heavy atom. The molecule has 1 atom stereocenters. The number of nitrogens with zero attached hydrogens (tertiary/aromatic N) is 2. The number of halogens is 2. The van der Waals surface area contributed by atoms with E-state index in [2.05, 4.69) is 10.4 Å². The molecule has 1 saturated carbocycles. The average molecular weight is 382 g/mol. The van der Waals surface area contributed by atoms with Gasteiger partial charge in [0.15, 0.2) is 0 Å². The van der Waals surface area contributed by atoms with Crippen molar-refractivity contribution >= 4 is 28.9 Å². The maximum atomic E-state index is 12.5. The third kappa shape index (κ3) is 4.00. The van der Waals surface area contributed by atoms with Crippen LogP contribution in [0, 0.1) is 12.8 Å². The zero-order valence-electron chi connectivity index (χ0n) is 14.0. The number of aliphatic hydroxyl groups excluding tert-OH is 1. The zero-order valence-corrected chi connectivity index (χ0v) is 15.5. The molecule has 1 aliphatic rings. The molecule has 0 spiro atoms. The lowest BCUT2D eigenvalue weighted by Gasteiger charge is -2.19. The molecule has 1 unspecified atom stereocenters. The fourth-order valence-corrected chi connectivity index (χ4v) is 3.55. The molecule has 1 aromatic heterocycles. The maximum Gasteiger partial charge on any atom is 0.292 e. The van der Waals surface area contributed by atoms with Crippen molar-refractivity contribution in [3.05, 3.63) is 50.4 Å². The average Bonchev–Trinajstić information content (AvgIpc) is 3.13. The summed E-state index contributed by atoms with van der Waals surface area (Å²) < 4.78 is 1.21. The predicted molar refractivity (Wildman–Crippen MR) is 101 cm³/mol. The van der Waals surface area contributed by atoms with Crippen LogP contribution >= 0.6 is 23.2 Å². The van der Waals surface area contributed by atoms with Crippen LogP contribution in [0.25, 0.3) is 5.69 Å². The molecule has 1 aromatic carbocycles. The second-order valence-corrected chi connectivity index (χ2v) is 7.30. The Morgan fingerprint density at radius 2 is 2.08 bits per heavy atom. The first kappa shape index (κ1) is 18.2. The van der Waals surface area contributed by atoms with Gasteiger partial charge in [-0.3, -0.25) is 4.79 Å². The van der Waals surface area contributed by atoms with Crippen molar-refractivity contribution in [2.45, 2.75) is 38.7 Å². The van der Waals surface area contributed by atoms with Crippen LogP contribution in [0.2, 0.25) is 10.0 Å². The number of aromatic nitrogens is 2. The second kappa shape index (κ2) is 7.77. The van der Waals surface area contributed by atoms with Gasteiger partial charge in [0.1, 0.15) is 5.02 Å². The van der Waals surface area contributed by atoms with Crippen molar-refractivity contribution in [3.63, 3.8) is 0 Å². The number of rotatable bonds is 5. The van der Waals surface area contributed by atoms with E-state index < -0.39 is 11.7 Å². The molecule has 0 bridgehead atoms. The Morgan fingerprint density at radius 3 is 2.76 bits per heavy atom. The summed E-state index contributed by atoms with van der Waals surface area (Å²) in [6.07, 6.45) is 5.48. The van der Waals surface area contributed by atoms with Crippen LogP contribution in [-0.2, 0) is 0 Å². The molecular weight excluding hydrogens is 361 g/mol. The fraction of sp³-hybridized carbons (Fsp3) is 0.444. The van der Waals surface area contributed by atoms with E-state index in [0.717, 1.165) is 18.4 Å². The van der Waals surface area contributed by atoms with E-state index in [1.165, 1.54) is 23.7 Å². The molecule has 0 amide bonds. The second-order valence-electron chi connectivity index (χ2n) is 6.52. The maximum absolute atomic E-state index is 12.5. The van der Waals surface area contributed by atoms with E-state index in [9.17, 15) is 9.90 Å². The van der Waals surface area contributed by atoms with Gasteiger partial charge in [-0.15, -0.1) is 0 Å². The van der Waals surface area contributed by atoms with Crippen LogP contribution < -0.4 is 10.9 Å². The minimum Gasteiger partial charge on any atom is -0.391 e. The van der Waals surface area contributed by atoms with E-state index in [-0.39, 0.29) is 5.02 Å².